The minimum Gasteiger partial charge on any atom is -0.475 e. The van der Waals surface area contributed by atoms with Crippen molar-refractivity contribution in [2.75, 3.05) is 6.54 Å². The molecular weight excluding hydrogens is 602 g/mol. The predicted molar refractivity (Wildman–Crippen MR) is 143 cm³/mol. The molecule has 1 fully saturated rings. The molecule has 1 unspecified atom stereocenters. The highest BCUT2D eigenvalue weighted by Gasteiger charge is 2.38. The van der Waals surface area contributed by atoms with Gasteiger partial charge < -0.3 is 25.6 Å². The topological polar surface area (TPSA) is 142 Å². The number of pyridine rings is 1. The van der Waals surface area contributed by atoms with Crippen molar-refractivity contribution in [1.82, 2.24) is 20.2 Å². The molecule has 240 valence electrons. The summed E-state index contributed by atoms with van der Waals surface area (Å²) in [7, 11) is 0. The monoisotopic (exact) mass is 632 g/mol. The van der Waals surface area contributed by atoms with Crippen LogP contribution >= 0.6 is 0 Å². The lowest BCUT2D eigenvalue weighted by Gasteiger charge is -2.29. The van der Waals surface area contributed by atoms with Gasteiger partial charge in [0.05, 0.1) is 27.9 Å². The number of halogens is 6. The predicted octanol–water partition coefficient (Wildman–Crippen LogP) is 5.71. The second-order valence-corrected chi connectivity index (χ2v) is 10.5. The zero-order valence-electron chi connectivity index (χ0n) is 23.8. The Morgan fingerprint density at radius 3 is 2.25 bits per heavy atom. The number of carbonyl (C=O) groups is 3. The van der Waals surface area contributed by atoms with E-state index < -0.39 is 59.3 Å². The van der Waals surface area contributed by atoms with E-state index in [0.717, 1.165) is 18.9 Å². The summed E-state index contributed by atoms with van der Waals surface area (Å²) in [6.45, 7) is 4.91. The van der Waals surface area contributed by atoms with Crippen LogP contribution in [0.25, 0.3) is 5.52 Å². The van der Waals surface area contributed by atoms with Gasteiger partial charge in [-0.25, -0.2) is 22.8 Å². The Morgan fingerprint density at radius 2 is 1.70 bits per heavy atom. The lowest BCUT2D eigenvalue weighted by Crippen LogP contribution is -2.53. The molecule has 1 aliphatic carbocycles. The van der Waals surface area contributed by atoms with Gasteiger partial charge in [0.15, 0.2) is 11.6 Å². The number of benzene rings is 1. The summed E-state index contributed by atoms with van der Waals surface area (Å²) in [6.07, 6.45) is -3.32. The second kappa shape index (κ2) is 13.4. The van der Waals surface area contributed by atoms with E-state index in [4.69, 9.17) is 14.6 Å². The van der Waals surface area contributed by atoms with Crippen molar-refractivity contribution in [2.24, 2.45) is 0 Å². The van der Waals surface area contributed by atoms with Gasteiger partial charge in [-0.15, -0.1) is 0 Å². The number of nitrogens with zero attached hydrogens (tertiary/aromatic N) is 2. The molecule has 2 aromatic heterocycles. The molecule has 2 amide bonds. The van der Waals surface area contributed by atoms with Crippen LogP contribution in [0.3, 0.4) is 0 Å². The highest BCUT2D eigenvalue weighted by atomic mass is 19.4. The number of nitrogens with one attached hydrogen (secondary N) is 2. The third-order valence-corrected chi connectivity index (χ3v) is 6.66. The van der Waals surface area contributed by atoms with Crippen LogP contribution in [0.15, 0.2) is 24.3 Å². The number of rotatable bonds is 10. The molecule has 16 heteroatoms. The summed E-state index contributed by atoms with van der Waals surface area (Å²) >= 11 is 0. The first-order valence-corrected chi connectivity index (χ1v) is 13.3. The Balaban J connectivity index is 0.000000676. The molecule has 3 aromatic rings. The largest absolute Gasteiger partial charge is 0.490 e. The van der Waals surface area contributed by atoms with E-state index >= 15 is 0 Å². The van der Waals surface area contributed by atoms with Gasteiger partial charge >= 0.3 is 18.2 Å². The normalized spacial score (nSPS) is 14.3. The van der Waals surface area contributed by atoms with Crippen LogP contribution in [-0.2, 0) is 11.4 Å². The molecule has 0 spiro atoms. The maximum atomic E-state index is 14.1. The van der Waals surface area contributed by atoms with E-state index in [-0.39, 0.29) is 18.3 Å². The van der Waals surface area contributed by atoms with E-state index in [2.05, 4.69) is 15.7 Å². The maximum Gasteiger partial charge on any atom is 0.490 e. The highest BCUT2D eigenvalue weighted by molar-refractivity contribution is 6.02. The van der Waals surface area contributed by atoms with Crippen LogP contribution < -0.4 is 15.4 Å². The zero-order valence-corrected chi connectivity index (χ0v) is 23.8. The molecule has 0 bridgehead atoms. The van der Waals surface area contributed by atoms with Crippen molar-refractivity contribution in [2.45, 2.75) is 70.7 Å². The van der Waals surface area contributed by atoms with Gasteiger partial charge in [0.25, 0.3) is 5.91 Å². The molecule has 1 saturated carbocycles. The van der Waals surface area contributed by atoms with Gasteiger partial charge in [0.1, 0.15) is 12.4 Å². The number of carbonyl (C=O) groups excluding carboxylic acids is 1. The summed E-state index contributed by atoms with van der Waals surface area (Å²) in [5.74, 6) is -6.40. The first kappa shape index (κ1) is 34.0. The van der Waals surface area contributed by atoms with Crippen molar-refractivity contribution >= 4 is 23.5 Å². The molecule has 1 aliphatic rings. The summed E-state index contributed by atoms with van der Waals surface area (Å²) in [5, 5.41) is 26.3. The smallest absolute Gasteiger partial charge is 0.475 e. The molecule has 4 N–H and O–H groups in total. The number of carboxylic acid groups (broad SMARTS) is 2. The molecule has 2 heterocycles. The lowest BCUT2D eigenvalue weighted by atomic mass is 9.96. The average Bonchev–Trinajstić information content (AvgIpc) is 3.69. The molecule has 0 saturated heterocycles. The number of aliphatic carboxylic acids is 1. The first-order valence-electron chi connectivity index (χ1n) is 13.3. The summed E-state index contributed by atoms with van der Waals surface area (Å²) in [5.41, 5.74) is 0.652. The minimum absolute atomic E-state index is 0.0702. The second-order valence-electron chi connectivity index (χ2n) is 10.5. The highest BCUT2D eigenvalue weighted by Crippen LogP contribution is 2.42. The van der Waals surface area contributed by atoms with Crippen molar-refractivity contribution in [1.29, 1.82) is 0 Å². The van der Waals surface area contributed by atoms with Crippen molar-refractivity contribution in [3.63, 3.8) is 0 Å². The van der Waals surface area contributed by atoms with Gasteiger partial charge in [-0.3, -0.25) is 4.79 Å². The number of hydrogen-bond acceptors (Lipinski definition) is 5. The Labute approximate surface area is 247 Å². The molecule has 0 aliphatic heterocycles. The fourth-order valence-corrected chi connectivity index (χ4v) is 4.46. The quantitative estimate of drug-likeness (QED) is 0.166. The van der Waals surface area contributed by atoms with E-state index in [9.17, 15) is 41.0 Å². The number of carboxylic acids is 1. The van der Waals surface area contributed by atoms with Gasteiger partial charge in [0, 0.05) is 18.5 Å². The number of aryl methyl sites for hydroxylation is 1. The van der Waals surface area contributed by atoms with Crippen LogP contribution in [-0.4, -0.2) is 56.1 Å². The van der Waals surface area contributed by atoms with Gasteiger partial charge in [0.2, 0.25) is 5.88 Å². The fourth-order valence-electron chi connectivity index (χ4n) is 4.46. The summed E-state index contributed by atoms with van der Waals surface area (Å²) in [6, 6.07) is 4.90. The molecule has 10 nitrogen and oxygen atoms in total. The number of hydrogen-bond donors (Lipinski definition) is 4. The number of alkyl halides is 3. The van der Waals surface area contributed by atoms with Crippen LogP contribution in [0, 0.1) is 24.4 Å². The molecule has 1 aromatic carbocycles. The van der Waals surface area contributed by atoms with Crippen LogP contribution in [0.2, 0.25) is 0 Å². The number of fused-ring (bicyclic) bond motifs is 1. The molecule has 4 rings (SSSR count). The van der Waals surface area contributed by atoms with Crippen LogP contribution in [0.5, 0.6) is 5.88 Å². The van der Waals surface area contributed by atoms with E-state index in [0.29, 0.717) is 41.2 Å². The maximum absolute atomic E-state index is 14.1. The molecule has 44 heavy (non-hydrogen) atoms. The Kier molecular flexibility index (Phi) is 10.4. The lowest BCUT2D eigenvalue weighted by molar-refractivity contribution is -0.192. The van der Waals surface area contributed by atoms with E-state index in [1.807, 2.05) is 6.92 Å². The van der Waals surface area contributed by atoms with Crippen LogP contribution in [0.4, 0.5) is 31.1 Å². The number of aromatic nitrogens is 2. The Morgan fingerprint density at radius 1 is 1.09 bits per heavy atom. The molecule has 1 atom stereocenters. The first-order chi connectivity index (χ1) is 20.5. The zero-order chi connectivity index (χ0) is 33.0. The third kappa shape index (κ3) is 8.32. The SMILES string of the molecule is CCCC(C)(CNC(=O)c1c(C2CC2)nn2c(OCc3c(F)ccc(F)c3F)cc(C)cc12)NC(=O)O.O=C(O)C(F)(F)F. The van der Waals surface area contributed by atoms with Crippen LogP contribution in [0.1, 0.15) is 72.6 Å². The van der Waals surface area contributed by atoms with E-state index in [1.165, 1.54) is 4.52 Å². The molecule has 0 radical (unpaired) electrons. The summed E-state index contributed by atoms with van der Waals surface area (Å²) in [4.78, 5) is 33.6. The van der Waals surface area contributed by atoms with Crippen molar-refractivity contribution in [3.8, 4) is 5.88 Å². The van der Waals surface area contributed by atoms with Gasteiger partial charge in [-0.05, 0) is 56.9 Å². The Bertz CT molecular complexity index is 1560. The summed E-state index contributed by atoms with van der Waals surface area (Å²) < 4.78 is 80.7. The minimum atomic E-state index is -5.08. The fraction of sp³-hybridized carbons (Fsp3) is 0.429. The molecular formula is C28H30F6N4O6. The van der Waals surface area contributed by atoms with Gasteiger partial charge in [-0.2, -0.15) is 22.8 Å². The van der Waals surface area contributed by atoms with Crippen molar-refractivity contribution in [3.05, 3.63) is 64.1 Å². The number of ether oxygens (including phenoxy) is 1. The Hall–Kier alpha value is -4.50. The average molecular weight is 633 g/mol. The number of amides is 2. The van der Waals surface area contributed by atoms with E-state index in [1.54, 1.807) is 26.0 Å². The van der Waals surface area contributed by atoms with Gasteiger partial charge in [-0.1, -0.05) is 13.3 Å². The van der Waals surface area contributed by atoms with Crippen molar-refractivity contribution < 1.29 is 55.7 Å². The third-order valence-electron chi connectivity index (χ3n) is 6.66. The standard InChI is InChI=1S/C26H29F3N4O4.C2HF3O2/c1-4-9-26(3,31-25(35)36)13-30-24(34)21-19-10-14(2)11-20(33(19)32-23(21)15-5-6-15)37-12-16-17(27)7-8-18(28)22(16)29;3-2(4,5)1(6)7/h7-8,10-11,15,31H,4-6,9,12-13H2,1-3H3,(H,30,34)(H,35,36);(H,6,7).